The van der Waals surface area contributed by atoms with Crippen molar-refractivity contribution >= 4 is 0 Å². The van der Waals surface area contributed by atoms with Crippen molar-refractivity contribution in [3.8, 4) is 0 Å². The summed E-state index contributed by atoms with van der Waals surface area (Å²) in [6.07, 6.45) is 2.61. The van der Waals surface area contributed by atoms with Crippen LogP contribution in [-0.4, -0.2) is 13.1 Å². The van der Waals surface area contributed by atoms with Gasteiger partial charge >= 0.3 is 0 Å². The molecule has 0 radical (unpaired) electrons. The van der Waals surface area contributed by atoms with Gasteiger partial charge in [-0.3, -0.25) is 0 Å². The van der Waals surface area contributed by atoms with E-state index in [-0.39, 0.29) is 0 Å². The quantitative estimate of drug-likeness (QED) is 0.702. The highest BCUT2D eigenvalue weighted by atomic mass is 14.9. The van der Waals surface area contributed by atoms with Crippen LogP contribution in [0.1, 0.15) is 31.2 Å². The summed E-state index contributed by atoms with van der Waals surface area (Å²) in [4.78, 5) is 0. The van der Waals surface area contributed by atoms with Gasteiger partial charge in [0.25, 0.3) is 0 Å². The Morgan fingerprint density at radius 2 is 2.07 bits per heavy atom. The Hall–Kier alpha value is -0.820. The largest absolute Gasteiger partial charge is 0.316 e. The van der Waals surface area contributed by atoms with Gasteiger partial charge in [0.05, 0.1) is 0 Å². The lowest BCUT2D eigenvalue weighted by molar-refractivity contribution is 0.620. The predicted octanol–water partition coefficient (Wildman–Crippen LogP) is 2.79. The van der Waals surface area contributed by atoms with E-state index in [1.54, 1.807) is 0 Å². The molecular weight excluding hydrogens is 170 g/mol. The molecule has 2 rings (SSSR count). The van der Waals surface area contributed by atoms with Gasteiger partial charge in [-0.05, 0) is 43.3 Å². The van der Waals surface area contributed by atoms with E-state index in [2.05, 4.69) is 42.6 Å². The van der Waals surface area contributed by atoms with Crippen molar-refractivity contribution in [2.45, 2.75) is 25.7 Å². The van der Waals surface area contributed by atoms with Crippen LogP contribution in [0, 0.1) is 5.92 Å². The van der Waals surface area contributed by atoms with Crippen LogP contribution in [0.2, 0.25) is 0 Å². The number of rotatable bonds is 5. The lowest BCUT2D eigenvalue weighted by Crippen LogP contribution is -2.17. The Kier molecular flexibility index (Phi) is 3.20. The number of nitrogens with one attached hydrogen (secondary N) is 1. The molecule has 1 fully saturated rings. The summed E-state index contributed by atoms with van der Waals surface area (Å²) in [5.41, 5.74) is 1.52. The van der Waals surface area contributed by atoms with Crippen LogP contribution in [0.25, 0.3) is 0 Å². The molecule has 76 valence electrons. The fourth-order valence-electron chi connectivity index (χ4n) is 2.05. The molecule has 0 aliphatic heterocycles. The third-order valence-electron chi connectivity index (χ3n) is 2.98. The molecule has 0 spiro atoms. The summed E-state index contributed by atoms with van der Waals surface area (Å²) in [5.74, 6) is 1.73. The molecule has 0 heterocycles. The number of hydrogen-bond acceptors (Lipinski definition) is 1. The van der Waals surface area contributed by atoms with E-state index in [1.807, 2.05) is 0 Å². The molecule has 1 nitrogen and oxygen atoms in total. The average Bonchev–Trinajstić information content (AvgIpc) is 2.99. The lowest BCUT2D eigenvalue weighted by atomic mass is 10.1. The maximum absolute atomic E-state index is 3.50. The molecule has 1 aliphatic rings. The van der Waals surface area contributed by atoms with Crippen molar-refractivity contribution in [2.24, 2.45) is 5.92 Å². The van der Waals surface area contributed by atoms with Crippen LogP contribution in [0.3, 0.4) is 0 Å². The summed E-state index contributed by atoms with van der Waals surface area (Å²) in [6.45, 7) is 4.58. The fourth-order valence-corrected chi connectivity index (χ4v) is 2.05. The van der Waals surface area contributed by atoms with Gasteiger partial charge in [-0.25, -0.2) is 0 Å². The van der Waals surface area contributed by atoms with Gasteiger partial charge in [-0.1, -0.05) is 37.3 Å². The zero-order chi connectivity index (χ0) is 9.80. The van der Waals surface area contributed by atoms with Crippen LogP contribution < -0.4 is 5.32 Å². The normalized spacial score (nSPS) is 24.9. The second-order valence-corrected chi connectivity index (χ2v) is 4.22. The monoisotopic (exact) mass is 189 g/mol. The lowest BCUT2D eigenvalue weighted by Gasteiger charge is -2.02. The molecule has 0 bridgehead atoms. The van der Waals surface area contributed by atoms with Gasteiger partial charge in [-0.2, -0.15) is 0 Å². The van der Waals surface area contributed by atoms with Crippen LogP contribution in [-0.2, 0) is 0 Å². The van der Waals surface area contributed by atoms with Crippen molar-refractivity contribution in [1.29, 1.82) is 0 Å². The molecule has 1 saturated carbocycles. The van der Waals surface area contributed by atoms with Crippen molar-refractivity contribution in [3.05, 3.63) is 35.9 Å². The highest BCUT2D eigenvalue weighted by Gasteiger charge is 2.37. The Bertz CT molecular complexity index is 268. The van der Waals surface area contributed by atoms with Crippen LogP contribution >= 0.6 is 0 Å². The molecule has 1 aromatic rings. The molecule has 0 saturated heterocycles. The first-order valence-electron chi connectivity index (χ1n) is 5.67. The van der Waals surface area contributed by atoms with Crippen molar-refractivity contribution in [2.75, 3.05) is 13.1 Å². The van der Waals surface area contributed by atoms with Crippen LogP contribution in [0.15, 0.2) is 30.3 Å². The van der Waals surface area contributed by atoms with E-state index in [0.717, 1.165) is 18.4 Å². The molecule has 0 amide bonds. The first-order chi connectivity index (χ1) is 6.92. The van der Waals surface area contributed by atoms with Gasteiger partial charge < -0.3 is 5.32 Å². The summed E-state index contributed by atoms with van der Waals surface area (Å²) < 4.78 is 0. The number of hydrogen-bond donors (Lipinski definition) is 1. The first kappa shape index (κ1) is 9.72. The minimum Gasteiger partial charge on any atom is -0.316 e. The second-order valence-electron chi connectivity index (χ2n) is 4.22. The summed E-state index contributed by atoms with van der Waals surface area (Å²) in [6, 6.07) is 10.9. The van der Waals surface area contributed by atoms with Gasteiger partial charge in [0.15, 0.2) is 0 Å². The highest BCUT2D eigenvalue weighted by molar-refractivity contribution is 5.25. The van der Waals surface area contributed by atoms with Crippen LogP contribution in [0.4, 0.5) is 0 Å². The minimum absolute atomic E-state index is 0.834. The van der Waals surface area contributed by atoms with Crippen molar-refractivity contribution in [3.63, 3.8) is 0 Å². The molecule has 0 unspecified atom stereocenters. The molecule has 1 aliphatic carbocycles. The zero-order valence-electron chi connectivity index (χ0n) is 8.87. The Morgan fingerprint density at radius 3 is 2.79 bits per heavy atom. The summed E-state index contributed by atoms with van der Waals surface area (Å²) >= 11 is 0. The van der Waals surface area contributed by atoms with Gasteiger partial charge in [-0.15, -0.1) is 0 Å². The molecule has 1 aromatic carbocycles. The van der Waals surface area contributed by atoms with Gasteiger partial charge in [0.1, 0.15) is 0 Å². The Balaban J connectivity index is 1.76. The Labute approximate surface area is 86.5 Å². The molecular formula is C13H19N. The maximum atomic E-state index is 3.50. The van der Waals surface area contributed by atoms with Crippen molar-refractivity contribution < 1.29 is 0 Å². The van der Waals surface area contributed by atoms with Gasteiger partial charge in [0.2, 0.25) is 0 Å². The third kappa shape index (κ3) is 2.36. The number of benzene rings is 1. The zero-order valence-corrected chi connectivity index (χ0v) is 8.87. The predicted molar refractivity (Wildman–Crippen MR) is 60.5 cm³/mol. The first-order valence-corrected chi connectivity index (χ1v) is 5.67. The summed E-state index contributed by atoms with van der Waals surface area (Å²) in [5, 5.41) is 3.50. The maximum Gasteiger partial charge on any atom is -0.00144 e. The average molecular weight is 189 g/mol. The SMILES string of the molecule is CCCNC[C@@H]1C[C@H]1c1ccccc1. The molecule has 2 atom stereocenters. The summed E-state index contributed by atoms with van der Waals surface area (Å²) in [7, 11) is 0. The fraction of sp³-hybridized carbons (Fsp3) is 0.538. The van der Waals surface area contributed by atoms with E-state index < -0.39 is 0 Å². The minimum atomic E-state index is 0.834. The molecule has 0 aromatic heterocycles. The topological polar surface area (TPSA) is 12.0 Å². The highest BCUT2D eigenvalue weighted by Crippen LogP contribution is 2.46. The van der Waals surface area contributed by atoms with E-state index in [1.165, 1.54) is 24.9 Å². The molecule has 1 heteroatoms. The molecule has 14 heavy (non-hydrogen) atoms. The van der Waals surface area contributed by atoms with E-state index in [4.69, 9.17) is 0 Å². The van der Waals surface area contributed by atoms with Gasteiger partial charge in [0, 0.05) is 0 Å². The standard InChI is InChI=1S/C13H19N/c1-2-8-14-10-12-9-13(12)11-6-4-3-5-7-11/h3-7,12-14H,2,8-10H2,1H3/t12-,13-/m0/s1. The molecule has 1 N–H and O–H groups in total. The van der Waals surface area contributed by atoms with E-state index >= 15 is 0 Å². The second kappa shape index (κ2) is 4.61. The third-order valence-corrected chi connectivity index (χ3v) is 2.98. The Morgan fingerprint density at radius 1 is 1.29 bits per heavy atom. The van der Waals surface area contributed by atoms with Crippen LogP contribution in [0.5, 0.6) is 0 Å². The smallest absolute Gasteiger partial charge is 0.00144 e. The van der Waals surface area contributed by atoms with E-state index in [0.29, 0.717) is 0 Å². The van der Waals surface area contributed by atoms with Crippen molar-refractivity contribution in [1.82, 2.24) is 5.32 Å². The van der Waals surface area contributed by atoms with E-state index in [9.17, 15) is 0 Å².